The zero-order valence-corrected chi connectivity index (χ0v) is 25.5. The van der Waals surface area contributed by atoms with Gasteiger partial charge in [-0.25, -0.2) is 4.79 Å². The van der Waals surface area contributed by atoms with Gasteiger partial charge in [-0.15, -0.1) is 0 Å². The van der Waals surface area contributed by atoms with E-state index in [1.807, 2.05) is 115 Å². The largest absolute Gasteiger partial charge is 0.492 e. The summed E-state index contributed by atoms with van der Waals surface area (Å²) in [5, 5.41) is 0. The van der Waals surface area contributed by atoms with Crippen molar-refractivity contribution in [3.8, 4) is 5.75 Å². The maximum Gasteiger partial charge on any atom is 0.351 e. The Balaban J connectivity index is 1.57. The topological polar surface area (TPSA) is 65.1 Å². The van der Waals surface area contributed by atoms with Crippen molar-refractivity contribution in [2.45, 2.75) is 52.2 Å². The first-order valence-corrected chi connectivity index (χ1v) is 14.7. The van der Waals surface area contributed by atoms with Gasteiger partial charge in [0.2, 0.25) is 5.60 Å². The van der Waals surface area contributed by atoms with Crippen molar-refractivity contribution in [1.82, 2.24) is 4.90 Å². The van der Waals surface area contributed by atoms with Gasteiger partial charge in [-0.3, -0.25) is 4.79 Å². The van der Waals surface area contributed by atoms with Crippen LogP contribution in [0.5, 0.6) is 5.75 Å². The fourth-order valence-electron chi connectivity index (χ4n) is 6.36. The van der Waals surface area contributed by atoms with E-state index in [2.05, 4.69) is 17.0 Å². The summed E-state index contributed by atoms with van der Waals surface area (Å²) < 4.78 is 18.1. The Bertz CT molecular complexity index is 1460. The van der Waals surface area contributed by atoms with Crippen LogP contribution in [0.4, 0.5) is 0 Å². The van der Waals surface area contributed by atoms with E-state index in [-0.39, 0.29) is 5.97 Å². The highest BCUT2D eigenvalue weighted by Crippen LogP contribution is 2.66. The Labute approximate surface area is 249 Å². The third kappa shape index (κ3) is 5.02. The van der Waals surface area contributed by atoms with Gasteiger partial charge in [0.05, 0.1) is 5.41 Å². The first kappa shape index (κ1) is 29.6. The van der Waals surface area contributed by atoms with Crippen LogP contribution in [0.3, 0.4) is 0 Å². The Morgan fingerprint density at radius 1 is 0.857 bits per heavy atom. The fraction of sp³-hybridized carbons (Fsp3) is 0.389. The molecule has 1 aliphatic heterocycles. The number of nitrogens with zero attached hydrogens (tertiary/aromatic N) is 1. The molecule has 42 heavy (non-hydrogen) atoms. The van der Waals surface area contributed by atoms with E-state index in [1.165, 1.54) is 0 Å². The fourth-order valence-corrected chi connectivity index (χ4v) is 6.36. The molecule has 1 aliphatic carbocycles. The lowest BCUT2D eigenvalue weighted by atomic mass is 9.66. The lowest BCUT2D eigenvalue weighted by Crippen LogP contribution is -2.49. The summed E-state index contributed by atoms with van der Waals surface area (Å²) in [6.45, 7) is 9.11. The van der Waals surface area contributed by atoms with Crippen molar-refractivity contribution in [1.29, 1.82) is 0 Å². The monoisotopic (exact) mass is 567 g/mol. The number of rotatable bonds is 10. The third-order valence-electron chi connectivity index (χ3n) is 9.47. The molecular weight excluding hydrogens is 526 g/mol. The van der Waals surface area contributed by atoms with E-state index in [0.29, 0.717) is 19.4 Å². The number of benzene rings is 3. The molecule has 0 amide bonds. The molecule has 2 bridgehead atoms. The molecule has 1 saturated carbocycles. The molecule has 1 saturated heterocycles. The predicted molar refractivity (Wildman–Crippen MR) is 165 cm³/mol. The molecule has 6 heteroatoms. The summed E-state index contributed by atoms with van der Waals surface area (Å²) in [5.41, 5.74) is 2.05. The molecular formula is C36H41NO5. The Morgan fingerprint density at radius 3 is 1.95 bits per heavy atom. The molecule has 6 nitrogen and oxygen atoms in total. The Kier molecular flexibility index (Phi) is 8.04. The standard InChI is InChI=1S/C36H41NO5/c1-25(41-33(39)36-22-21-35(4,32(38)42-36)34(36,2)3)30(26-13-9-7-10-14-26)31(27-15-11-8-12-16-27)28-17-19-29(20-18-28)40-24-23-37(5)6/h7-20,25H,21-24H2,1-6H3/b31-30-/t25?,35-,36-/m0/s1. The molecule has 3 aromatic carbocycles. The molecule has 5 rings (SSSR count). The van der Waals surface area contributed by atoms with Crippen LogP contribution in [0.25, 0.3) is 11.1 Å². The molecule has 0 N–H and O–H groups in total. The van der Waals surface area contributed by atoms with Gasteiger partial charge in [-0.1, -0.05) is 86.6 Å². The van der Waals surface area contributed by atoms with Crippen molar-refractivity contribution in [2.24, 2.45) is 10.8 Å². The molecule has 2 fully saturated rings. The van der Waals surface area contributed by atoms with Crippen LogP contribution in [0.1, 0.15) is 57.2 Å². The smallest absolute Gasteiger partial charge is 0.351 e. The summed E-state index contributed by atoms with van der Waals surface area (Å²) in [6.07, 6.45) is 0.420. The van der Waals surface area contributed by atoms with Crippen molar-refractivity contribution >= 4 is 23.1 Å². The van der Waals surface area contributed by atoms with Gasteiger partial charge in [-0.05, 0) is 75.2 Å². The van der Waals surface area contributed by atoms with Crippen LogP contribution in [-0.4, -0.2) is 55.8 Å². The maximum atomic E-state index is 14.0. The minimum absolute atomic E-state index is 0.319. The minimum atomic E-state index is -1.30. The highest BCUT2D eigenvalue weighted by atomic mass is 16.6. The van der Waals surface area contributed by atoms with E-state index < -0.39 is 28.5 Å². The average molecular weight is 568 g/mol. The first-order chi connectivity index (χ1) is 20.0. The van der Waals surface area contributed by atoms with E-state index in [4.69, 9.17) is 14.2 Å². The summed E-state index contributed by atoms with van der Waals surface area (Å²) in [5.74, 6) is -0.0116. The van der Waals surface area contributed by atoms with Gasteiger partial charge >= 0.3 is 11.9 Å². The Hall–Kier alpha value is -3.90. The summed E-state index contributed by atoms with van der Waals surface area (Å²) in [7, 11) is 4.04. The molecule has 2 aliphatic rings. The highest BCUT2D eigenvalue weighted by Gasteiger charge is 2.76. The summed E-state index contributed by atoms with van der Waals surface area (Å²) in [6, 6.07) is 28.2. The normalized spacial score (nSPS) is 23.7. The quantitative estimate of drug-likeness (QED) is 0.202. The number of hydrogen-bond donors (Lipinski definition) is 0. The molecule has 3 atom stereocenters. The van der Waals surface area contributed by atoms with Gasteiger partial charge < -0.3 is 19.1 Å². The maximum absolute atomic E-state index is 14.0. The van der Waals surface area contributed by atoms with E-state index in [9.17, 15) is 9.59 Å². The number of carbonyl (C=O) groups is 2. The number of hydrogen-bond acceptors (Lipinski definition) is 6. The van der Waals surface area contributed by atoms with E-state index in [0.717, 1.165) is 40.1 Å². The number of esters is 2. The van der Waals surface area contributed by atoms with Crippen LogP contribution < -0.4 is 4.74 Å². The zero-order valence-electron chi connectivity index (χ0n) is 25.5. The minimum Gasteiger partial charge on any atom is -0.492 e. The number of carbonyl (C=O) groups excluding carboxylic acids is 2. The van der Waals surface area contributed by atoms with E-state index >= 15 is 0 Å². The zero-order chi connectivity index (χ0) is 30.1. The number of ether oxygens (including phenoxy) is 3. The van der Waals surface area contributed by atoms with E-state index in [1.54, 1.807) is 0 Å². The number of likely N-dealkylation sites (N-methyl/N-ethyl adjacent to an activating group) is 1. The lowest BCUT2D eigenvalue weighted by Gasteiger charge is -2.35. The average Bonchev–Trinajstić information content (AvgIpc) is 3.27. The molecule has 0 spiro atoms. The number of fused-ring (bicyclic) bond motifs is 2. The SMILES string of the molecule is CC(OC(=O)[C@]12CC[C@@](C)(C(=O)O1)C2(C)C)/C(=C(\c1ccccc1)c1ccc(OCCN(C)C)cc1)c1ccccc1. The van der Waals surface area contributed by atoms with Gasteiger partial charge in [0.1, 0.15) is 18.5 Å². The van der Waals surface area contributed by atoms with Crippen LogP contribution in [0.15, 0.2) is 84.9 Å². The van der Waals surface area contributed by atoms with Crippen molar-refractivity contribution in [3.05, 3.63) is 102 Å². The second kappa shape index (κ2) is 11.4. The Morgan fingerprint density at radius 2 is 1.43 bits per heavy atom. The van der Waals surface area contributed by atoms with Crippen LogP contribution in [0, 0.1) is 10.8 Å². The van der Waals surface area contributed by atoms with Crippen LogP contribution in [0.2, 0.25) is 0 Å². The molecule has 0 aromatic heterocycles. The van der Waals surface area contributed by atoms with Crippen molar-refractivity contribution in [3.63, 3.8) is 0 Å². The van der Waals surface area contributed by atoms with Crippen LogP contribution >= 0.6 is 0 Å². The van der Waals surface area contributed by atoms with Gasteiger partial charge in [0, 0.05) is 17.5 Å². The van der Waals surface area contributed by atoms with Gasteiger partial charge in [0.25, 0.3) is 0 Å². The second-order valence-corrected chi connectivity index (χ2v) is 12.4. The molecule has 1 heterocycles. The van der Waals surface area contributed by atoms with Crippen LogP contribution in [-0.2, 0) is 19.1 Å². The van der Waals surface area contributed by atoms with Gasteiger partial charge in [-0.2, -0.15) is 0 Å². The van der Waals surface area contributed by atoms with Crippen molar-refractivity contribution in [2.75, 3.05) is 27.2 Å². The molecule has 1 unspecified atom stereocenters. The van der Waals surface area contributed by atoms with Crippen molar-refractivity contribution < 1.29 is 23.8 Å². The molecule has 220 valence electrons. The lowest BCUT2D eigenvalue weighted by molar-refractivity contribution is -0.184. The predicted octanol–water partition coefficient (Wildman–Crippen LogP) is 6.64. The molecule has 3 aromatic rings. The first-order valence-electron chi connectivity index (χ1n) is 14.7. The van der Waals surface area contributed by atoms with Gasteiger partial charge in [0.15, 0.2) is 0 Å². The summed E-state index contributed by atoms with van der Waals surface area (Å²) >= 11 is 0. The third-order valence-corrected chi connectivity index (χ3v) is 9.47. The molecule has 0 radical (unpaired) electrons. The summed E-state index contributed by atoms with van der Waals surface area (Å²) in [4.78, 5) is 29.0. The highest BCUT2D eigenvalue weighted by molar-refractivity contribution is 6.01. The second-order valence-electron chi connectivity index (χ2n) is 12.4.